The van der Waals surface area contributed by atoms with Crippen LogP contribution in [0.4, 0.5) is 8.78 Å². The van der Waals surface area contributed by atoms with Crippen LogP contribution in [0.3, 0.4) is 0 Å². The third kappa shape index (κ3) is 2.86. The normalized spacial score (nSPS) is 10.4. The molecular formula is C13H9BrF2O2. The summed E-state index contributed by atoms with van der Waals surface area (Å²) in [7, 11) is 0. The van der Waals surface area contributed by atoms with Crippen molar-refractivity contribution < 1.29 is 18.6 Å². The Kier molecular flexibility index (Phi) is 3.93. The monoisotopic (exact) mass is 314 g/mol. The largest absolute Gasteiger partial charge is 0.457 e. The average molecular weight is 315 g/mol. The minimum absolute atomic E-state index is 0.0912. The molecule has 18 heavy (non-hydrogen) atoms. The van der Waals surface area contributed by atoms with Gasteiger partial charge in [0.15, 0.2) is 11.6 Å². The molecule has 0 aliphatic rings. The molecule has 2 rings (SSSR count). The van der Waals surface area contributed by atoms with E-state index in [0.29, 0.717) is 15.8 Å². The van der Waals surface area contributed by atoms with Crippen LogP contribution in [0.15, 0.2) is 40.9 Å². The number of rotatable bonds is 3. The van der Waals surface area contributed by atoms with E-state index < -0.39 is 11.6 Å². The molecule has 0 saturated carbocycles. The van der Waals surface area contributed by atoms with Gasteiger partial charge in [0.05, 0.1) is 6.61 Å². The van der Waals surface area contributed by atoms with Crippen molar-refractivity contribution in [2.75, 3.05) is 0 Å². The Bertz CT molecular complexity index is 573. The number of hydrogen-bond acceptors (Lipinski definition) is 2. The lowest BCUT2D eigenvalue weighted by atomic mass is 10.2. The Morgan fingerprint density at radius 1 is 1.00 bits per heavy atom. The molecule has 94 valence electrons. The standard InChI is InChI=1S/C13H9BrF2O2/c14-11-5-9(2-1-8(11)7-17)18-10-3-4-12(15)13(16)6-10/h1-6,17H,7H2. The minimum atomic E-state index is -0.960. The van der Waals surface area contributed by atoms with E-state index in [1.165, 1.54) is 6.07 Å². The number of halogens is 3. The zero-order valence-corrected chi connectivity index (χ0v) is 10.7. The molecule has 0 bridgehead atoms. The highest BCUT2D eigenvalue weighted by molar-refractivity contribution is 9.10. The number of aliphatic hydroxyl groups excluding tert-OH is 1. The van der Waals surface area contributed by atoms with Crippen LogP contribution in [-0.2, 0) is 6.61 Å². The molecule has 0 spiro atoms. The molecule has 0 heterocycles. The van der Waals surface area contributed by atoms with E-state index in [2.05, 4.69) is 15.9 Å². The summed E-state index contributed by atoms with van der Waals surface area (Å²) in [5.41, 5.74) is 0.715. The van der Waals surface area contributed by atoms with Crippen molar-refractivity contribution in [3.05, 3.63) is 58.1 Å². The second kappa shape index (κ2) is 5.46. The van der Waals surface area contributed by atoms with Crippen LogP contribution in [0.5, 0.6) is 11.5 Å². The summed E-state index contributed by atoms with van der Waals surface area (Å²) in [5, 5.41) is 9.00. The third-order valence-electron chi connectivity index (χ3n) is 2.32. The van der Waals surface area contributed by atoms with Crippen molar-refractivity contribution in [3.8, 4) is 11.5 Å². The molecule has 0 saturated heterocycles. The minimum Gasteiger partial charge on any atom is -0.457 e. The molecule has 0 fully saturated rings. The first-order valence-corrected chi connectivity index (χ1v) is 5.91. The second-order valence-corrected chi connectivity index (χ2v) is 4.44. The van der Waals surface area contributed by atoms with E-state index in [9.17, 15) is 8.78 Å². The highest BCUT2D eigenvalue weighted by atomic mass is 79.9. The lowest BCUT2D eigenvalue weighted by Crippen LogP contribution is -1.90. The summed E-state index contributed by atoms with van der Waals surface area (Å²) in [6.07, 6.45) is 0. The van der Waals surface area contributed by atoms with Gasteiger partial charge < -0.3 is 9.84 Å². The summed E-state index contributed by atoms with van der Waals surface area (Å²) in [6.45, 7) is -0.0912. The smallest absolute Gasteiger partial charge is 0.162 e. The molecule has 2 aromatic carbocycles. The molecule has 5 heteroatoms. The molecule has 2 nitrogen and oxygen atoms in total. The highest BCUT2D eigenvalue weighted by Gasteiger charge is 2.06. The molecule has 0 amide bonds. The molecule has 0 aliphatic carbocycles. The number of aliphatic hydroxyl groups is 1. The van der Waals surface area contributed by atoms with Crippen LogP contribution in [-0.4, -0.2) is 5.11 Å². The molecule has 1 N–H and O–H groups in total. The van der Waals surface area contributed by atoms with Crippen LogP contribution < -0.4 is 4.74 Å². The first kappa shape index (κ1) is 13.0. The lowest BCUT2D eigenvalue weighted by Gasteiger charge is -2.08. The van der Waals surface area contributed by atoms with E-state index in [0.717, 1.165) is 12.1 Å². The van der Waals surface area contributed by atoms with Crippen LogP contribution in [0.2, 0.25) is 0 Å². The fourth-order valence-electron chi connectivity index (χ4n) is 1.40. The molecule has 0 unspecified atom stereocenters. The zero-order chi connectivity index (χ0) is 13.1. The van der Waals surface area contributed by atoms with Crippen molar-refractivity contribution in [1.82, 2.24) is 0 Å². The van der Waals surface area contributed by atoms with Gasteiger partial charge in [-0.15, -0.1) is 0 Å². The SMILES string of the molecule is OCc1ccc(Oc2ccc(F)c(F)c2)cc1Br. The van der Waals surface area contributed by atoms with E-state index in [-0.39, 0.29) is 12.4 Å². The first-order chi connectivity index (χ1) is 8.60. The molecule has 0 atom stereocenters. The van der Waals surface area contributed by atoms with Gasteiger partial charge in [0.25, 0.3) is 0 Å². The predicted molar refractivity (Wildman–Crippen MR) is 66.5 cm³/mol. The van der Waals surface area contributed by atoms with E-state index in [1.54, 1.807) is 18.2 Å². The number of ether oxygens (including phenoxy) is 1. The maximum atomic E-state index is 13.0. The first-order valence-electron chi connectivity index (χ1n) is 5.12. The predicted octanol–water partition coefficient (Wildman–Crippen LogP) is 4.01. The third-order valence-corrected chi connectivity index (χ3v) is 3.06. The van der Waals surface area contributed by atoms with Gasteiger partial charge in [0.1, 0.15) is 11.5 Å². The fourth-order valence-corrected chi connectivity index (χ4v) is 1.88. The van der Waals surface area contributed by atoms with E-state index >= 15 is 0 Å². The van der Waals surface area contributed by atoms with Gasteiger partial charge in [0, 0.05) is 10.5 Å². The van der Waals surface area contributed by atoms with Gasteiger partial charge in [-0.2, -0.15) is 0 Å². The topological polar surface area (TPSA) is 29.5 Å². The van der Waals surface area contributed by atoms with Crippen molar-refractivity contribution >= 4 is 15.9 Å². The van der Waals surface area contributed by atoms with Crippen LogP contribution in [0, 0.1) is 11.6 Å². The maximum Gasteiger partial charge on any atom is 0.162 e. The number of hydrogen-bond donors (Lipinski definition) is 1. The quantitative estimate of drug-likeness (QED) is 0.927. The molecular weight excluding hydrogens is 306 g/mol. The number of benzene rings is 2. The van der Waals surface area contributed by atoms with Gasteiger partial charge in [-0.1, -0.05) is 22.0 Å². The maximum absolute atomic E-state index is 13.0. The summed E-state index contributed by atoms with van der Waals surface area (Å²) < 4.78 is 31.8. The van der Waals surface area contributed by atoms with Crippen molar-refractivity contribution in [1.29, 1.82) is 0 Å². The van der Waals surface area contributed by atoms with Gasteiger partial charge in [-0.3, -0.25) is 0 Å². The molecule has 0 radical (unpaired) electrons. The Balaban J connectivity index is 2.23. The zero-order valence-electron chi connectivity index (χ0n) is 9.16. The van der Waals surface area contributed by atoms with Gasteiger partial charge in [0.2, 0.25) is 0 Å². The summed E-state index contributed by atoms with van der Waals surface area (Å²) in [4.78, 5) is 0. The molecule has 2 aromatic rings. The average Bonchev–Trinajstić information content (AvgIpc) is 2.34. The van der Waals surface area contributed by atoms with E-state index in [1.807, 2.05) is 0 Å². The van der Waals surface area contributed by atoms with Crippen molar-refractivity contribution in [3.63, 3.8) is 0 Å². The van der Waals surface area contributed by atoms with Gasteiger partial charge in [-0.05, 0) is 29.8 Å². The summed E-state index contributed by atoms with van der Waals surface area (Å²) in [5.74, 6) is -1.21. The summed E-state index contributed by atoms with van der Waals surface area (Å²) in [6, 6.07) is 8.28. The van der Waals surface area contributed by atoms with Crippen LogP contribution >= 0.6 is 15.9 Å². The summed E-state index contributed by atoms with van der Waals surface area (Å²) >= 11 is 3.27. The van der Waals surface area contributed by atoms with Crippen LogP contribution in [0.1, 0.15) is 5.56 Å². The van der Waals surface area contributed by atoms with Gasteiger partial charge >= 0.3 is 0 Å². The lowest BCUT2D eigenvalue weighted by molar-refractivity contribution is 0.281. The Labute approximate surface area is 111 Å². The van der Waals surface area contributed by atoms with Gasteiger partial charge in [-0.25, -0.2) is 8.78 Å². The second-order valence-electron chi connectivity index (χ2n) is 3.59. The van der Waals surface area contributed by atoms with Crippen molar-refractivity contribution in [2.24, 2.45) is 0 Å². The molecule has 0 aromatic heterocycles. The highest BCUT2D eigenvalue weighted by Crippen LogP contribution is 2.27. The Hall–Kier alpha value is -1.46. The van der Waals surface area contributed by atoms with Crippen molar-refractivity contribution in [2.45, 2.75) is 6.61 Å². The fraction of sp³-hybridized carbons (Fsp3) is 0.0769. The Morgan fingerprint density at radius 3 is 2.28 bits per heavy atom. The Morgan fingerprint density at radius 2 is 1.67 bits per heavy atom. The van der Waals surface area contributed by atoms with Crippen LogP contribution in [0.25, 0.3) is 0 Å². The van der Waals surface area contributed by atoms with E-state index in [4.69, 9.17) is 9.84 Å². The molecule has 0 aliphatic heterocycles.